The number of benzene rings is 5. The van der Waals surface area contributed by atoms with Crippen molar-refractivity contribution >= 4 is 230 Å². The fourth-order valence-electron chi connectivity index (χ4n) is 12.8. The van der Waals surface area contributed by atoms with Crippen molar-refractivity contribution in [2.24, 2.45) is 41.0 Å². The highest BCUT2D eigenvalue weighted by Crippen LogP contribution is 2.36. The van der Waals surface area contributed by atoms with Gasteiger partial charge in [0.25, 0.3) is 55.6 Å². The van der Waals surface area contributed by atoms with Gasteiger partial charge >= 0.3 is 0 Å². The molecule has 16 rings (SSSR count). The van der Waals surface area contributed by atoms with Crippen LogP contribution < -0.4 is 97.6 Å². The first-order chi connectivity index (χ1) is 61.9. The Labute approximate surface area is 796 Å². The molecule has 1 fully saturated rings. The molecule has 5 aromatic carbocycles. The maximum atomic E-state index is 14.2. The molecule has 130 heavy (non-hydrogen) atoms. The van der Waals surface area contributed by atoms with Crippen LogP contribution in [0.5, 0.6) is 0 Å². The van der Waals surface area contributed by atoms with E-state index >= 15 is 0 Å². The number of anilines is 10. The van der Waals surface area contributed by atoms with Crippen LogP contribution in [0.3, 0.4) is 0 Å². The topological polar surface area (TPSA) is 470 Å². The minimum Gasteiger partial charge on any atom is -0.408 e. The Morgan fingerprint density at radius 1 is 0.446 bits per heavy atom. The third-order valence-electron chi connectivity index (χ3n) is 19.7. The Balaban J connectivity index is 0.000000147. The largest absolute Gasteiger partial charge is 0.408 e. The number of halogens is 10. The van der Waals surface area contributed by atoms with Crippen molar-refractivity contribution in [2.75, 3.05) is 59.6 Å². The van der Waals surface area contributed by atoms with Crippen molar-refractivity contribution in [3.05, 3.63) is 304 Å². The van der Waals surface area contributed by atoms with Gasteiger partial charge in [-0.25, -0.2) is 37.5 Å². The van der Waals surface area contributed by atoms with E-state index in [0.29, 0.717) is 26.5 Å². The minimum atomic E-state index is -1.18. The molecule has 10 aromatic heterocycles. The summed E-state index contributed by atoms with van der Waals surface area (Å²) in [6, 6.07) is 30.0. The van der Waals surface area contributed by atoms with E-state index in [9.17, 15) is 75.7 Å². The molecule has 0 bridgehead atoms. The first-order valence-electron chi connectivity index (χ1n) is 38.6. The van der Waals surface area contributed by atoms with Crippen molar-refractivity contribution in [3.63, 3.8) is 0 Å². The zero-order valence-electron chi connectivity index (χ0n) is 68.8. The van der Waals surface area contributed by atoms with Gasteiger partial charge in [0.2, 0.25) is 0 Å². The maximum absolute atomic E-state index is 14.2. The fourth-order valence-corrected chi connectivity index (χ4v) is 15.3. The fraction of sp³-hybridized carbons (Fsp3) is 0.217. The number of aryl methyl sites for hydroxylation is 6. The summed E-state index contributed by atoms with van der Waals surface area (Å²) in [4.78, 5) is 156. The second kappa shape index (κ2) is 42.5. The molecule has 2 atom stereocenters. The summed E-state index contributed by atoms with van der Waals surface area (Å²) in [7, 11) is 7.62. The number of fused-ring (bicyclic) bond motifs is 5. The third-order valence-corrected chi connectivity index (χ3v) is 23.1. The molecule has 1 aliphatic carbocycles. The van der Waals surface area contributed by atoms with Gasteiger partial charge in [0.05, 0.1) is 94.1 Å². The summed E-state index contributed by atoms with van der Waals surface area (Å²) in [5.41, 5.74) is 4.47. The van der Waals surface area contributed by atoms with Gasteiger partial charge in [0.1, 0.15) is 100 Å². The first kappa shape index (κ1) is 97.4. The standard InChI is InChI=1S/C17H16BrClN4O4.C17H16FIN4O5.C17H14FIN4O2.C16H15FIN5O3.C16H14FIN4O2/c1-22-14(26)5-13(21-12-3-2-9(18)4-11(12)19)15-16(22)20-8-23(17(15)27)6-10(25)7-24;1-22-14(26)5-13(21-12-3-2-9(19)4-11(12)18)15-16(22)20-8-23(17(15)27)28-7-10(25)6-24;1-22-14(24)7-13(21-12-5-2-9(19)6-11(12)18)15-16(22)20-8-23(17(15)25)10-3-4-10;1-22-13(24)7-12(21-11-3-2-9(18)6-10(11)17)14-15(22)20-8-23(16(14)25)26-5-4-19;1-3-22-8-19-15(24)14-12(7-13(23)21(2)16(14)22)20-11-5-4-9(18)6-10(11)17/h2-5,8,10,21,24-25H,6-7H2,1H3;2-5,8,10,21,24-25H,6-7H2,1H3;2,5-8,10,21H,3-4H2,1H3;2-3,6-8,21H,4-5,19H2,1H3;4-8,20H,3H2,1-2H3/t2*10-;;;/m00.../s1. The first-order valence-corrected chi connectivity index (χ1v) is 44.1. The molecule has 678 valence electrons. The van der Waals surface area contributed by atoms with Crippen molar-refractivity contribution in [1.82, 2.24) is 70.9 Å². The predicted molar refractivity (Wildman–Crippen MR) is 520 cm³/mol. The second-order valence-electron chi connectivity index (χ2n) is 28.6. The number of hydrogen-bond donors (Lipinski definition) is 10. The molecule has 15 aromatic rings. The maximum Gasteiger partial charge on any atom is 0.297 e. The minimum absolute atomic E-state index is 0.000961. The van der Waals surface area contributed by atoms with Gasteiger partial charge < -0.3 is 67.0 Å². The number of nitrogens with one attached hydrogen (secondary N) is 5. The summed E-state index contributed by atoms with van der Waals surface area (Å²) in [6.07, 6.45) is 5.95. The molecule has 0 saturated heterocycles. The number of hydrogen-bond acceptors (Lipinski definition) is 27. The number of nitrogens with zero attached hydrogens (tertiary/aromatic N) is 15. The molecule has 0 unspecified atom stereocenters. The van der Waals surface area contributed by atoms with Crippen molar-refractivity contribution in [2.45, 2.75) is 51.1 Å². The predicted octanol–water partition coefficient (Wildman–Crippen LogP) is 8.46. The summed E-state index contributed by atoms with van der Waals surface area (Å²) in [5.74, 6) is -1.97. The lowest BCUT2D eigenvalue weighted by Crippen LogP contribution is -2.34. The summed E-state index contributed by atoms with van der Waals surface area (Å²) in [5, 5.41) is 52.5. The summed E-state index contributed by atoms with van der Waals surface area (Å²) >= 11 is 17.5. The molecular weight excluding hydrogens is 2250 g/mol. The highest BCUT2D eigenvalue weighted by atomic mass is 127. The van der Waals surface area contributed by atoms with E-state index < -0.39 is 82.0 Å². The molecule has 0 aliphatic heterocycles. The summed E-state index contributed by atoms with van der Waals surface area (Å²) < 4.78 is 73.0. The summed E-state index contributed by atoms with van der Waals surface area (Å²) in [6.45, 7) is 1.27. The molecule has 1 saturated carbocycles. The lowest BCUT2D eigenvalue weighted by molar-refractivity contribution is -0.00415. The highest BCUT2D eigenvalue weighted by molar-refractivity contribution is 14.1. The second-order valence-corrected chi connectivity index (χ2v) is 34.9. The van der Waals surface area contributed by atoms with Crippen LogP contribution >= 0.6 is 118 Å². The zero-order valence-corrected chi connectivity index (χ0v) is 79.8. The Bertz CT molecular complexity index is 7610. The quantitative estimate of drug-likeness (QED) is 0.0224. The number of aliphatic hydroxyl groups excluding tert-OH is 4. The van der Waals surface area contributed by atoms with Crippen LogP contribution in [-0.2, 0) is 48.3 Å². The van der Waals surface area contributed by atoms with Crippen LogP contribution in [0.4, 0.5) is 74.4 Å². The Morgan fingerprint density at radius 2 is 0.800 bits per heavy atom. The van der Waals surface area contributed by atoms with E-state index in [1.54, 1.807) is 77.8 Å². The average Bonchev–Trinajstić information content (AvgIpc) is 1.66. The van der Waals surface area contributed by atoms with Gasteiger partial charge in [-0.15, -0.1) is 9.46 Å². The lowest BCUT2D eigenvalue weighted by Gasteiger charge is -2.15. The van der Waals surface area contributed by atoms with Crippen LogP contribution in [0.15, 0.2) is 205 Å². The van der Waals surface area contributed by atoms with Gasteiger partial charge in [-0.2, -0.15) is 4.98 Å². The smallest absolute Gasteiger partial charge is 0.297 e. The number of pyridine rings is 5. The average molecular weight is 2320 g/mol. The molecule has 47 heteroatoms. The van der Waals surface area contributed by atoms with Crippen LogP contribution in [0.1, 0.15) is 25.8 Å². The van der Waals surface area contributed by atoms with E-state index in [1.165, 1.54) is 135 Å². The molecule has 0 spiro atoms. The van der Waals surface area contributed by atoms with Crippen LogP contribution in [0, 0.1) is 37.5 Å². The van der Waals surface area contributed by atoms with E-state index in [4.69, 9.17) is 37.2 Å². The van der Waals surface area contributed by atoms with Crippen LogP contribution in [-0.4, -0.2) is 137 Å². The molecule has 37 nitrogen and oxygen atoms in total. The van der Waals surface area contributed by atoms with Crippen molar-refractivity contribution < 1.29 is 47.7 Å². The Hall–Kier alpha value is -11.6. The number of aliphatic hydroxyl groups is 4. The van der Waals surface area contributed by atoms with E-state index in [-0.39, 0.29) is 155 Å². The van der Waals surface area contributed by atoms with Gasteiger partial charge in [-0.05, 0) is 201 Å². The van der Waals surface area contributed by atoms with Crippen molar-refractivity contribution in [3.8, 4) is 0 Å². The van der Waals surface area contributed by atoms with Gasteiger partial charge in [-0.1, -0.05) is 27.5 Å². The van der Waals surface area contributed by atoms with Gasteiger partial charge in [0, 0.05) is 103 Å². The Kier molecular flexibility index (Phi) is 31.8. The van der Waals surface area contributed by atoms with Gasteiger partial charge in [0.15, 0.2) is 22.6 Å². The zero-order chi connectivity index (χ0) is 94.1. The van der Waals surface area contributed by atoms with E-state index in [2.05, 4.69) is 67.4 Å². The normalized spacial score (nSPS) is 12.1. The molecule has 0 radical (unpaired) electrons. The van der Waals surface area contributed by atoms with Crippen LogP contribution in [0.25, 0.3) is 55.2 Å². The van der Waals surface area contributed by atoms with Gasteiger partial charge in [-0.3, -0.25) is 79.9 Å². The van der Waals surface area contributed by atoms with E-state index in [0.717, 1.165) is 49.9 Å². The molecule has 0 amide bonds. The molecule has 11 N–H and O–H groups in total. The van der Waals surface area contributed by atoms with E-state index in [1.807, 2.05) is 97.3 Å². The highest BCUT2D eigenvalue weighted by Gasteiger charge is 2.28. The molecule has 10 heterocycles. The third kappa shape index (κ3) is 22.2. The molecule has 1 aliphatic rings. The number of nitrogens with two attached hydrogens (primary N) is 1. The number of aromatic nitrogens is 15. The Morgan fingerprint density at radius 3 is 1.18 bits per heavy atom. The monoisotopic (exact) mass is 2320 g/mol. The lowest BCUT2D eigenvalue weighted by atomic mass is 10.2. The SMILES string of the molecule is CCn1cnc(=O)c2c(Nc3ccc(I)cc3F)cc(=O)n(C)c21.Cn1c(=O)cc(Nc2ccc(Br)cc2Cl)c2c(=O)n(C[C@H](O)CO)cnc21.Cn1c(=O)cc(Nc2ccc(I)cc2F)c2c(=O)n(C3CC3)cnc21.Cn1c(=O)cc(Nc2ccc(I)cc2F)c2c(=O)n(OCCN)cnc21.Cn1c(=O)cc(Nc2ccc(I)cc2F)c2c(=O)n(OC[C@@H](O)CO)cnc21. The van der Waals surface area contributed by atoms with Crippen molar-refractivity contribution in [1.29, 1.82) is 0 Å². The van der Waals surface area contributed by atoms with Crippen LogP contribution in [0.2, 0.25) is 5.02 Å². The molecular formula is C83H75BrClF4I4N21O16. The number of rotatable bonds is 22.